The number of Topliss-reactive ketones (excluding diaryl/α,β-unsaturated/α-hetero) is 1. The van der Waals surface area contributed by atoms with Crippen LogP contribution in [-0.4, -0.2) is 35.5 Å². The lowest BCUT2D eigenvalue weighted by Crippen LogP contribution is -2.15. The van der Waals surface area contributed by atoms with Gasteiger partial charge in [-0.05, 0) is 69.2 Å². The second-order valence-electron chi connectivity index (χ2n) is 10.7. The van der Waals surface area contributed by atoms with Gasteiger partial charge in [-0.2, -0.15) is 0 Å². The number of fused-ring (bicyclic) bond motifs is 1. The van der Waals surface area contributed by atoms with Gasteiger partial charge in [0.25, 0.3) is 10.0 Å². The number of carbonyl (C=O) groups excluding carboxylic acids is 1. The predicted octanol–water partition coefficient (Wildman–Crippen LogP) is 6.40. The molecular weight excluding hydrogens is 552 g/mol. The van der Waals surface area contributed by atoms with E-state index in [2.05, 4.69) is 27.4 Å². The number of rotatable bonds is 11. The molecule has 0 fully saturated rings. The molecule has 10 heteroatoms. The van der Waals surface area contributed by atoms with Crippen molar-refractivity contribution >= 4 is 21.7 Å². The molecule has 0 atom stereocenters. The van der Waals surface area contributed by atoms with E-state index in [1.165, 1.54) is 0 Å². The fourth-order valence-corrected chi connectivity index (χ4v) is 6.72. The van der Waals surface area contributed by atoms with Gasteiger partial charge in [-0.15, -0.1) is 0 Å². The Morgan fingerprint density at radius 2 is 1.83 bits per heavy atom. The smallest absolute Gasteiger partial charge is 0.264 e. The molecule has 4 aromatic rings. The maximum absolute atomic E-state index is 13.6. The number of nitrogens with one attached hydrogen (secondary N) is 1. The monoisotopic (exact) mass is 590 g/mol. The lowest BCUT2D eigenvalue weighted by Gasteiger charge is -2.17. The van der Waals surface area contributed by atoms with Gasteiger partial charge in [0.1, 0.15) is 11.5 Å². The van der Waals surface area contributed by atoms with Crippen molar-refractivity contribution in [2.75, 3.05) is 11.3 Å². The first-order valence-electron chi connectivity index (χ1n) is 14.6. The highest BCUT2D eigenvalue weighted by Crippen LogP contribution is 2.34. The predicted molar refractivity (Wildman–Crippen MR) is 161 cm³/mol. The largest absolute Gasteiger partial charge is 0.377 e. The average Bonchev–Trinajstić information content (AvgIpc) is 3.40. The Hall–Kier alpha value is -3.76. The first kappa shape index (κ1) is 29.7. The van der Waals surface area contributed by atoms with Gasteiger partial charge in [0.15, 0.2) is 5.78 Å². The number of aryl methyl sites for hydroxylation is 3. The third kappa shape index (κ3) is 6.05. The minimum absolute atomic E-state index is 0.101. The molecule has 222 valence electrons. The van der Waals surface area contributed by atoms with Crippen LogP contribution in [0, 0.1) is 13.8 Å². The fraction of sp³-hybridized carbons (Fsp3) is 0.406. The van der Waals surface area contributed by atoms with Crippen LogP contribution in [-0.2, 0) is 40.8 Å². The Morgan fingerprint density at radius 3 is 2.57 bits per heavy atom. The maximum Gasteiger partial charge on any atom is 0.264 e. The summed E-state index contributed by atoms with van der Waals surface area (Å²) in [5.74, 6) is 1.20. The Bertz CT molecular complexity index is 1700. The molecule has 0 radical (unpaired) electrons. The molecule has 1 N–H and O–H groups in total. The van der Waals surface area contributed by atoms with Crippen molar-refractivity contribution < 1.29 is 22.5 Å². The van der Waals surface area contributed by atoms with E-state index in [0.717, 1.165) is 66.0 Å². The number of sulfonamides is 1. The standard InChI is InChI=1S/C32H38N4O5S/c1-5-11-30-33-27-13-8-9-14-28(37)31(27)36(30)19-23-16-17-25(24(18-23)20-40-6-2)26-12-7-10-15-29(26)42(38,39)35-32-21(3)22(4)34-41-32/h7,10,12,15-18,35H,5-6,8-9,11,13-14,19-20H2,1-4H3. The van der Waals surface area contributed by atoms with Crippen LogP contribution >= 0.6 is 0 Å². The SMILES string of the molecule is CCCc1nc2c(n1Cc1ccc(-c3ccccc3S(=O)(=O)Nc3onc(C)c3C)c(COCC)c1)C(=O)CCCC2. The summed E-state index contributed by atoms with van der Waals surface area (Å²) < 4.78 is 42.9. The Morgan fingerprint density at radius 1 is 1.05 bits per heavy atom. The Balaban J connectivity index is 1.55. The quantitative estimate of drug-likeness (QED) is 0.201. The van der Waals surface area contributed by atoms with Crippen LogP contribution in [0.3, 0.4) is 0 Å². The number of hydrogen-bond acceptors (Lipinski definition) is 7. The van der Waals surface area contributed by atoms with E-state index in [-0.39, 0.29) is 16.6 Å². The molecule has 0 bridgehead atoms. The number of ketones is 1. The number of carbonyl (C=O) groups is 1. The molecule has 2 aromatic heterocycles. The summed E-state index contributed by atoms with van der Waals surface area (Å²) >= 11 is 0. The van der Waals surface area contributed by atoms with E-state index in [0.29, 0.717) is 43.0 Å². The number of ether oxygens (including phenoxy) is 1. The first-order chi connectivity index (χ1) is 20.2. The zero-order valence-electron chi connectivity index (χ0n) is 24.7. The van der Waals surface area contributed by atoms with Gasteiger partial charge < -0.3 is 13.8 Å². The molecule has 2 aromatic carbocycles. The van der Waals surface area contributed by atoms with E-state index in [1.54, 1.807) is 32.0 Å². The summed E-state index contributed by atoms with van der Waals surface area (Å²) in [6, 6.07) is 12.9. The number of aromatic nitrogens is 3. The highest BCUT2D eigenvalue weighted by Gasteiger charge is 2.26. The van der Waals surface area contributed by atoms with Crippen LogP contribution in [0.1, 0.15) is 83.9 Å². The van der Waals surface area contributed by atoms with Gasteiger partial charge in [-0.3, -0.25) is 4.79 Å². The minimum Gasteiger partial charge on any atom is -0.377 e. The van der Waals surface area contributed by atoms with Crippen LogP contribution in [0.25, 0.3) is 11.1 Å². The van der Waals surface area contributed by atoms with Gasteiger partial charge >= 0.3 is 0 Å². The summed E-state index contributed by atoms with van der Waals surface area (Å²) in [6.07, 6.45) is 4.97. The van der Waals surface area contributed by atoms with E-state index in [1.807, 2.05) is 25.1 Å². The van der Waals surface area contributed by atoms with E-state index in [4.69, 9.17) is 14.2 Å². The normalized spacial score (nSPS) is 13.7. The van der Waals surface area contributed by atoms with Crippen molar-refractivity contribution in [3.63, 3.8) is 0 Å². The first-order valence-corrected chi connectivity index (χ1v) is 16.1. The minimum atomic E-state index is -4.00. The third-order valence-corrected chi connectivity index (χ3v) is 9.14. The summed E-state index contributed by atoms with van der Waals surface area (Å²) in [7, 11) is -4.00. The molecule has 42 heavy (non-hydrogen) atoms. The van der Waals surface area contributed by atoms with E-state index in [9.17, 15) is 13.2 Å². The third-order valence-electron chi connectivity index (χ3n) is 7.75. The molecule has 9 nitrogen and oxygen atoms in total. The van der Waals surface area contributed by atoms with Crippen molar-refractivity contribution in [2.45, 2.75) is 84.3 Å². The van der Waals surface area contributed by atoms with Crippen molar-refractivity contribution in [1.29, 1.82) is 0 Å². The summed E-state index contributed by atoms with van der Waals surface area (Å²) in [5, 5.41) is 3.87. The molecule has 1 aliphatic rings. The lowest BCUT2D eigenvalue weighted by molar-refractivity contribution is 0.0973. The average molecular weight is 591 g/mol. The molecule has 0 amide bonds. The topological polar surface area (TPSA) is 116 Å². The lowest BCUT2D eigenvalue weighted by atomic mass is 9.97. The highest BCUT2D eigenvalue weighted by atomic mass is 32.2. The van der Waals surface area contributed by atoms with Crippen molar-refractivity contribution in [3.05, 3.63) is 82.1 Å². The second-order valence-corrected chi connectivity index (χ2v) is 12.4. The number of hydrogen-bond donors (Lipinski definition) is 1. The molecule has 0 spiro atoms. The number of imidazole rings is 1. The fourth-order valence-electron chi connectivity index (χ4n) is 5.45. The molecule has 1 aliphatic carbocycles. The van der Waals surface area contributed by atoms with Gasteiger partial charge in [-0.25, -0.2) is 18.1 Å². The van der Waals surface area contributed by atoms with Crippen molar-refractivity contribution in [1.82, 2.24) is 14.7 Å². The van der Waals surface area contributed by atoms with Crippen LogP contribution < -0.4 is 4.72 Å². The van der Waals surface area contributed by atoms with E-state index < -0.39 is 10.0 Å². The molecule has 0 aliphatic heterocycles. The van der Waals surface area contributed by atoms with Gasteiger partial charge in [0.2, 0.25) is 5.88 Å². The van der Waals surface area contributed by atoms with Crippen molar-refractivity contribution in [2.24, 2.45) is 0 Å². The zero-order chi connectivity index (χ0) is 29.9. The summed E-state index contributed by atoms with van der Waals surface area (Å²) in [6.45, 7) is 8.89. The van der Waals surface area contributed by atoms with Crippen molar-refractivity contribution in [3.8, 4) is 11.1 Å². The number of anilines is 1. The van der Waals surface area contributed by atoms with Gasteiger partial charge in [0.05, 0.1) is 22.9 Å². The van der Waals surface area contributed by atoms with Crippen LogP contribution in [0.2, 0.25) is 0 Å². The van der Waals surface area contributed by atoms with Crippen LogP contribution in [0.5, 0.6) is 0 Å². The molecule has 0 unspecified atom stereocenters. The number of nitrogens with zero attached hydrogens (tertiary/aromatic N) is 3. The van der Waals surface area contributed by atoms with Crippen LogP contribution in [0.15, 0.2) is 51.9 Å². The summed E-state index contributed by atoms with van der Waals surface area (Å²) in [4.78, 5) is 18.1. The van der Waals surface area contributed by atoms with Gasteiger partial charge in [-0.1, -0.05) is 48.5 Å². The molecule has 0 saturated heterocycles. The number of benzene rings is 2. The summed E-state index contributed by atoms with van der Waals surface area (Å²) in [5.41, 5.74) is 6.08. The van der Waals surface area contributed by atoms with Gasteiger partial charge in [0, 0.05) is 37.1 Å². The maximum atomic E-state index is 13.6. The molecular formula is C32H38N4O5S. The molecule has 2 heterocycles. The van der Waals surface area contributed by atoms with E-state index >= 15 is 0 Å². The second kappa shape index (κ2) is 12.6. The Kier molecular flexibility index (Phi) is 8.93. The Labute approximate surface area is 247 Å². The molecule has 0 saturated carbocycles. The zero-order valence-corrected chi connectivity index (χ0v) is 25.5. The van der Waals surface area contributed by atoms with Crippen LogP contribution in [0.4, 0.5) is 5.88 Å². The molecule has 5 rings (SSSR count). The highest BCUT2D eigenvalue weighted by molar-refractivity contribution is 7.92.